The van der Waals surface area contributed by atoms with Crippen molar-refractivity contribution in [2.24, 2.45) is 0 Å². The number of nitrogens with zero attached hydrogens (tertiary/aromatic N) is 3. The molecule has 1 aliphatic rings. The zero-order chi connectivity index (χ0) is 18.8. The van der Waals surface area contributed by atoms with E-state index in [-0.39, 0.29) is 11.7 Å². The van der Waals surface area contributed by atoms with Crippen LogP contribution in [0.2, 0.25) is 0 Å². The number of amides is 1. The van der Waals surface area contributed by atoms with Crippen LogP contribution >= 0.6 is 0 Å². The summed E-state index contributed by atoms with van der Waals surface area (Å²) < 4.78 is 1.68. The number of phenols is 1. The van der Waals surface area contributed by atoms with Crippen LogP contribution in [0.5, 0.6) is 5.75 Å². The standard InChI is InChI=1S/C20H19N5O2/c1-13-17(19(27)21-11-14-5-3-2-4-6-14)18(15-7-9-16(26)10-8-15)25-20(24-13)22-12-23-25/h2-10,12,18,26H,11H2,1H3,(H,21,27)(H,22,23,24). The molecule has 0 saturated carbocycles. The number of hydrogen-bond donors (Lipinski definition) is 3. The minimum absolute atomic E-state index is 0.169. The first kappa shape index (κ1) is 16.8. The number of carbonyl (C=O) groups excluding carboxylic acids is 1. The maximum atomic E-state index is 13.0. The number of hydrogen-bond acceptors (Lipinski definition) is 5. The molecule has 1 aromatic heterocycles. The molecule has 1 atom stereocenters. The zero-order valence-corrected chi connectivity index (χ0v) is 14.8. The highest BCUT2D eigenvalue weighted by molar-refractivity contribution is 5.96. The molecule has 1 amide bonds. The normalized spacial score (nSPS) is 15.8. The molecule has 4 rings (SSSR count). The van der Waals surface area contributed by atoms with Gasteiger partial charge in [0.05, 0.1) is 5.57 Å². The molecule has 1 unspecified atom stereocenters. The van der Waals surface area contributed by atoms with E-state index in [2.05, 4.69) is 20.7 Å². The van der Waals surface area contributed by atoms with Gasteiger partial charge in [-0.1, -0.05) is 42.5 Å². The monoisotopic (exact) mass is 361 g/mol. The van der Waals surface area contributed by atoms with Gasteiger partial charge in [0.15, 0.2) is 0 Å². The van der Waals surface area contributed by atoms with E-state index in [0.29, 0.717) is 18.1 Å². The summed E-state index contributed by atoms with van der Waals surface area (Å²) in [7, 11) is 0. The number of nitrogens with one attached hydrogen (secondary N) is 2. The molecule has 0 saturated heterocycles. The minimum Gasteiger partial charge on any atom is -0.508 e. The third-order valence-electron chi connectivity index (χ3n) is 4.54. The highest BCUT2D eigenvalue weighted by Crippen LogP contribution is 2.35. The van der Waals surface area contributed by atoms with Gasteiger partial charge >= 0.3 is 0 Å². The van der Waals surface area contributed by atoms with Gasteiger partial charge in [0, 0.05) is 12.2 Å². The Hall–Kier alpha value is -3.61. The van der Waals surface area contributed by atoms with Crippen LogP contribution in [0.1, 0.15) is 24.1 Å². The number of fused-ring (bicyclic) bond motifs is 1. The van der Waals surface area contributed by atoms with E-state index < -0.39 is 6.04 Å². The van der Waals surface area contributed by atoms with Gasteiger partial charge in [0.2, 0.25) is 5.95 Å². The Balaban J connectivity index is 1.67. The van der Waals surface area contributed by atoms with Crippen LogP contribution in [-0.4, -0.2) is 25.8 Å². The quantitative estimate of drug-likeness (QED) is 0.664. The summed E-state index contributed by atoms with van der Waals surface area (Å²) in [5.74, 6) is 0.565. The molecule has 3 N–H and O–H groups in total. The van der Waals surface area contributed by atoms with E-state index >= 15 is 0 Å². The van der Waals surface area contributed by atoms with Crippen LogP contribution in [-0.2, 0) is 11.3 Å². The Bertz CT molecular complexity index is 993. The molecule has 0 bridgehead atoms. The van der Waals surface area contributed by atoms with E-state index in [1.807, 2.05) is 37.3 Å². The van der Waals surface area contributed by atoms with E-state index in [1.54, 1.807) is 28.9 Å². The molecule has 2 aromatic carbocycles. The lowest BCUT2D eigenvalue weighted by atomic mass is 9.95. The molecule has 0 fully saturated rings. The summed E-state index contributed by atoms with van der Waals surface area (Å²) >= 11 is 0. The average molecular weight is 361 g/mol. The van der Waals surface area contributed by atoms with Crippen molar-refractivity contribution in [1.29, 1.82) is 0 Å². The summed E-state index contributed by atoms with van der Waals surface area (Å²) in [4.78, 5) is 17.3. The Morgan fingerprint density at radius 3 is 2.67 bits per heavy atom. The molecule has 0 radical (unpaired) electrons. The number of aromatic nitrogens is 3. The van der Waals surface area contributed by atoms with E-state index in [0.717, 1.165) is 16.8 Å². The third-order valence-corrected chi connectivity index (χ3v) is 4.54. The van der Waals surface area contributed by atoms with Crippen LogP contribution in [0.25, 0.3) is 0 Å². The predicted octanol–water partition coefficient (Wildman–Crippen LogP) is 2.59. The van der Waals surface area contributed by atoms with Crippen LogP contribution < -0.4 is 10.6 Å². The van der Waals surface area contributed by atoms with Crippen molar-refractivity contribution in [3.63, 3.8) is 0 Å². The summed E-state index contributed by atoms with van der Waals surface area (Å²) in [5.41, 5.74) is 3.15. The predicted molar refractivity (Wildman–Crippen MR) is 101 cm³/mol. The number of aromatic hydroxyl groups is 1. The second kappa shape index (κ2) is 6.95. The van der Waals surface area contributed by atoms with Crippen molar-refractivity contribution in [3.8, 4) is 5.75 Å². The molecule has 3 aromatic rings. The number of benzene rings is 2. The molecule has 7 nitrogen and oxygen atoms in total. The van der Waals surface area contributed by atoms with Crippen LogP contribution in [0.15, 0.2) is 72.2 Å². The first-order valence-electron chi connectivity index (χ1n) is 8.62. The van der Waals surface area contributed by atoms with Crippen LogP contribution in [0, 0.1) is 0 Å². The molecule has 136 valence electrons. The fourth-order valence-corrected chi connectivity index (χ4v) is 3.22. The number of carbonyl (C=O) groups is 1. The van der Waals surface area contributed by atoms with Gasteiger partial charge in [-0.3, -0.25) is 4.79 Å². The van der Waals surface area contributed by atoms with E-state index in [1.165, 1.54) is 6.33 Å². The number of phenolic OH excluding ortho intramolecular Hbond substituents is 1. The lowest BCUT2D eigenvalue weighted by Gasteiger charge is -2.28. The fourth-order valence-electron chi connectivity index (χ4n) is 3.22. The summed E-state index contributed by atoms with van der Waals surface area (Å²) in [6, 6.07) is 16.1. The third kappa shape index (κ3) is 3.27. The molecule has 0 aliphatic carbocycles. The highest BCUT2D eigenvalue weighted by Gasteiger charge is 2.33. The van der Waals surface area contributed by atoms with Gasteiger partial charge in [0.1, 0.15) is 18.1 Å². The summed E-state index contributed by atoms with van der Waals surface area (Å²) in [5, 5.41) is 20.0. The molecule has 1 aliphatic heterocycles. The van der Waals surface area contributed by atoms with Gasteiger partial charge in [-0.15, -0.1) is 0 Å². The Kier molecular flexibility index (Phi) is 4.33. The molecule has 2 heterocycles. The zero-order valence-electron chi connectivity index (χ0n) is 14.8. The Morgan fingerprint density at radius 2 is 1.93 bits per heavy atom. The fraction of sp³-hybridized carbons (Fsp3) is 0.150. The van der Waals surface area contributed by atoms with Crippen LogP contribution in [0.4, 0.5) is 5.95 Å². The second-order valence-corrected chi connectivity index (χ2v) is 6.35. The van der Waals surface area contributed by atoms with E-state index in [9.17, 15) is 9.90 Å². The van der Waals surface area contributed by atoms with E-state index in [4.69, 9.17) is 0 Å². The van der Waals surface area contributed by atoms with Crippen LogP contribution in [0.3, 0.4) is 0 Å². The highest BCUT2D eigenvalue weighted by atomic mass is 16.3. The van der Waals surface area contributed by atoms with Crippen molar-refractivity contribution >= 4 is 11.9 Å². The van der Waals surface area contributed by atoms with Crippen molar-refractivity contribution in [2.75, 3.05) is 5.32 Å². The molecular weight excluding hydrogens is 342 g/mol. The average Bonchev–Trinajstić information content (AvgIpc) is 3.14. The van der Waals surface area contributed by atoms with Crippen molar-refractivity contribution < 1.29 is 9.90 Å². The number of anilines is 1. The van der Waals surface area contributed by atoms with Crippen molar-refractivity contribution in [3.05, 3.63) is 83.3 Å². The van der Waals surface area contributed by atoms with Crippen molar-refractivity contribution in [1.82, 2.24) is 20.1 Å². The number of rotatable bonds is 4. The van der Waals surface area contributed by atoms with Gasteiger partial charge in [-0.05, 0) is 30.2 Å². The largest absolute Gasteiger partial charge is 0.508 e. The second-order valence-electron chi connectivity index (χ2n) is 6.35. The lowest BCUT2D eigenvalue weighted by molar-refractivity contribution is -0.118. The minimum atomic E-state index is -0.430. The Labute approximate surface area is 156 Å². The molecule has 0 spiro atoms. The maximum absolute atomic E-state index is 13.0. The first-order valence-corrected chi connectivity index (χ1v) is 8.62. The Morgan fingerprint density at radius 1 is 1.19 bits per heavy atom. The maximum Gasteiger partial charge on any atom is 0.251 e. The number of allylic oxidation sites excluding steroid dienone is 1. The molecule has 27 heavy (non-hydrogen) atoms. The van der Waals surface area contributed by atoms with Gasteiger partial charge < -0.3 is 15.7 Å². The first-order chi connectivity index (χ1) is 13.1. The smallest absolute Gasteiger partial charge is 0.251 e. The van der Waals surface area contributed by atoms with Gasteiger partial charge in [-0.2, -0.15) is 10.1 Å². The summed E-state index contributed by atoms with van der Waals surface area (Å²) in [6.45, 7) is 2.28. The van der Waals surface area contributed by atoms with Crippen molar-refractivity contribution in [2.45, 2.75) is 19.5 Å². The lowest BCUT2D eigenvalue weighted by Crippen LogP contribution is -2.34. The molecular formula is C20H19N5O2. The summed E-state index contributed by atoms with van der Waals surface area (Å²) in [6.07, 6.45) is 1.45. The van der Waals surface area contributed by atoms with Gasteiger partial charge in [-0.25, -0.2) is 4.68 Å². The topological polar surface area (TPSA) is 92.1 Å². The van der Waals surface area contributed by atoms with Gasteiger partial charge in [0.25, 0.3) is 5.91 Å². The SMILES string of the molecule is CC1=C(C(=O)NCc2ccccc2)C(c2ccc(O)cc2)n2ncnc2N1. The molecule has 7 heteroatoms.